The van der Waals surface area contributed by atoms with Gasteiger partial charge in [-0.2, -0.15) is 11.8 Å². The first-order valence-corrected chi connectivity index (χ1v) is 7.53. The van der Waals surface area contributed by atoms with Crippen LogP contribution in [0.5, 0.6) is 0 Å². The SMILES string of the molecule is CSC(C)(C)CNc1nc2ccccn2c(=O)c1[N+](=O)[O-]. The Morgan fingerprint density at radius 2 is 2.19 bits per heavy atom. The molecule has 0 bridgehead atoms. The Hall–Kier alpha value is -2.09. The Balaban J connectivity index is 2.54. The molecule has 112 valence electrons. The zero-order chi connectivity index (χ0) is 15.6. The number of hydrogen-bond acceptors (Lipinski definition) is 6. The van der Waals surface area contributed by atoms with Gasteiger partial charge in [0.1, 0.15) is 5.65 Å². The van der Waals surface area contributed by atoms with E-state index in [0.29, 0.717) is 12.2 Å². The number of aromatic nitrogens is 2. The van der Waals surface area contributed by atoms with E-state index in [9.17, 15) is 14.9 Å². The zero-order valence-corrected chi connectivity index (χ0v) is 12.8. The molecule has 21 heavy (non-hydrogen) atoms. The number of rotatable bonds is 5. The minimum Gasteiger partial charge on any atom is -0.363 e. The van der Waals surface area contributed by atoms with Crippen LogP contribution < -0.4 is 10.9 Å². The van der Waals surface area contributed by atoms with Crippen LogP contribution in [0.4, 0.5) is 11.5 Å². The summed E-state index contributed by atoms with van der Waals surface area (Å²) >= 11 is 1.62. The van der Waals surface area contributed by atoms with Crippen molar-refractivity contribution in [1.82, 2.24) is 9.38 Å². The number of nitrogens with one attached hydrogen (secondary N) is 1. The molecular weight excluding hydrogens is 292 g/mol. The molecule has 0 saturated carbocycles. The Labute approximate surface area is 125 Å². The lowest BCUT2D eigenvalue weighted by atomic mass is 10.2. The average Bonchev–Trinajstić information content (AvgIpc) is 2.45. The summed E-state index contributed by atoms with van der Waals surface area (Å²) in [5.41, 5.74) is -0.844. The van der Waals surface area contributed by atoms with Crippen LogP contribution in [0.2, 0.25) is 0 Å². The van der Waals surface area contributed by atoms with Crippen LogP contribution >= 0.6 is 11.8 Å². The van der Waals surface area contributed by atoms with Gasteiger partial charge in [0, 0.05) is 17.5 Å². The number of fused-ring (bicyclic) bond motifs is 1. The van der Waals surface area contributed by atoms with Crippen LogP contribution in [0.25, 0.3) is 5.65 Å². The van der Waals surface area contributed by atoms with Crippen molar-refractivity contribution in [2.45, 2.75) is 18.6 Å². The lowest BCUT2D eigenvalue weighted by Crippen LogP contribution is -2.28. The number of thioether (sulfide) groups is 1. The lowest BCUT2D eigenvalue weighted by molar-refractivity contribution is -0.385. The van der Waals surface area contributed by atoms with Gasteiger partial charge in [0.2, 0.25) is 5.82 Å². The maximum absolute atomic E-state index is 12.2. The maximum Gasteiger partial charge on any atom is 0.376 e. The smallest absolute Gasteiger partial charge is 0.363 e. The maximum atomic E-state index is 12.2. The predicted molar refractivity (Wildman–Crippen MR) is 84.2 cm³/mol. The van der Waals surface area contributed by atoms with E-state index in [4.69, 9.17) is 0 Å². The Morgan fingerprint density at radius 3 is 2.81 bits per heavy atom. The van der Waals surface area contributed by atoms with E-state index < -0.39 is 16.2 Å². The molecule has 2 rings (SSSR count). The van der Waals surface area contributed by atoms with E-state index >= 15 is 0 Å². The summed E-state index contributed by atoms with van der Waals surface area (Å²) in [6, 6.07) is 4.99. The van der Waals surface area contributed by atoms with E-state index in [2.05, 4.69) is 10.3 Å². The second-order valence-electron chi connectivity index (χ2n) is 5.12. The van der Waals surface area contributed by atoms with Crippen molar-refractivity contribution < 1.29 is 4.92 Å². The summed E-state index contributed by atoms with van der Waals surface area (Å²) in [4.78, 5) is 26.9. The van der Waals surface area contributed by atoms with Crippen molar-refractivity contribution in [2.75, 3.05) is 18.1 Å². The van der Waals surface area contributed by atoms with Crippen LogP contribution in [-0.2, 0) is 0 Å². The summed E-state index contributed by atoms with van der Waals surface area (Å²) in [5.74, 6) is 0.0123. The highest BCUT2D eigenvalue weighted by Crippen LogP contribution is 2.24. The third kappa shape index (κ3) is 3.15. The summed E-state index contributed by atoms with van der Waals surface area (Å²) in [6.07, 6.45) is 3.42. The number of nitro groups is 1. The molecule has 0 aliphatic carbocycles. The molecule has 0 aliphatic rings. The summed E-state index contributed by atoms with van der Waals surface area (Å²) in [7, 11) is 0. The molecule has 7 nitrogen and oxygen atoms in total. The van der Waals surface area contributed by atoms with Crippen LogP contribution in [0.1, 0.15) is 13.8 Å². The standard InChI is InChI=1S/C13H16N4O3S/c1-13(2,21-3)8-14-11-10(17(19)20)12(18)16-7-5-4-6-9(16)15-11/h4-7,14H,8H2,1-3H3. The molecule has 1 N–H and O–H groups in total. The number of nitrogens with zero attached hydrogens (tertiary/aromatic N) is 3. The van der Waals surface area contributed by atoms with Gasteiger partial charge in [0.25, 0.3) is 0 Å². The monoisotopic (exact) mass is 308 g/mol. The van der Waals surface area contributed by atoms with E-state index in [-0.39, 0.29) is 10.6 Å². The molecule has 0 fully saturated rings. The van der Waals surface area contributed by atoms with Gasteiger partial charge in [-0.1, -0.05) is 6.07 Å². The first-order valence-electron chi connectivity index (χ1n) is 6.30. The Morgan fingerprint density at radius 1 is 1.48 bits per heavy atom. The van der Waals surface area contributed by atoms with Crippen LogP contribution in [0.3, 0.4) is 0 Å². The van der Waals surface area contributed by atoms with E-state index in [0.717, 1.165) is 0 Å². The Kier molecular flexibility index (Phi) is 4.17. The molecule has 0 radical (unpaired) electrons. The second-order valence-corrected chi connectivity index (χ2v) is 6.63. The molecule has 0 atom stereocenters. The van der Waals surface area contributed by atoms with Gasteiger partial charge < -0.3 is 5.32 Å². The van der Waals surface area contributed by atoms with Crippen molar-refractivity contribution in [3.05, 3.63) is 44.9 Å². The van der Waals surface area contributed by atoms with Crippen molar-refractivity contribution in [3.63, 3.8) is 0 Å². The van der Waals surface area contributed by atoms with E-state index in [1.54, 1.807) is 30.0 Å². The summed E-state index contributed by atoms with van der Waals surface area (Å²) in [5, 5.41) is 14.1. The molecule has 0 unspecified atom stereocenters. The third-order valence-electron chi connectivity index (χ3n) is 3.13. The fourth-order valence-corrected chi connectivity index (χ4v) is 1.95. The van der Waals surface area contributed by atoms with E-state index in [1.807, 2.05) is 20.1 Å². The van der Waals surface area contributed by atoms with Gasteiger partial charge in [-0.25, -0.2) is 4.98 Å². The molecule has 8 heteroatoms. The largest absolute Gasteiger partial charge is 0.376 e. The fraction of sp³-hybridized carbons (Fsp3) is 0.385. The Bertz CT molecular complexity index is 742. The normalized spacial score (nSPS) is 11.6. The van der Waals surface area contributed by atoms with Crippen molar-refractivity contribution >= 4 is 28.9 Å². The highest BCUT2D eigenvalue weighted by molar-refractivity contribution is 7.99. The number of hydrogen-bond donors (Lipinski definition) is 1. The molecular formula is C13H16N4O3S. The molecule has 0 amide bonds. The second kappa shape index (κ2) is 5.72. The van der Waals surface area contributed by atoms with Gasteiger partial charge in [-0.05, 0) is 32.2 Å². The van der Waals surface area contributed by atoms with Crippen LogP contribution in [0.15, 0.2) is 29.2 Å². The predicted octanol–water partition coefficient (Wildman–Crippen LogP) is 2.16. The minimum atomic E-state index is -0.691. The molecule has 2 aromatic rings. The number of pyridine rings is 1. The topological polar surface area (TPSA) is 89.5 Å². The molecule has 2 heterocycles. The summed E-state index contributed by atoms with van der Waals surface area (Å²) in [6.45, 7) is 4.47. The number of anilines is 1. The van der Waals surface area contributed by atoms with Gasteiger partial charge in [-0.3, -0.25) is 19.3 Å². The first-order chi connectivity index (χ1) is 9.85. The lowest BCUT2D eigenvalue weighted by Gasteiger charge is -2.22. The average molecular weight is 308 g/mol. The third-order valence-corrected chi connectivity index (χ3v) is 4.38. The van der Waals surface area contributed by atoms with Crippen molar-refractivity contribution in [1.29, 1.82) is 0 Å². The molecule has 0 saturated heterocycles. The van der Waals surface area contributed by atoms with Gasteiger partial charge in [0.05, 0.1) is 4.92 Å². The summed E-state index contributed by atoms with van der Waals surface area (Å²) < 4.78 is 1.04. The van der Waals surface area contributed by atoms with Crippen molar-refractivity contribution in [2.24, 2.45) is 0 Å². The van der Waals surface area contributed by atoms with Gasteiger partial charge >= 0.3 is 11.2 Å². The van der Waals surface area contributed by atoms with Crippen molar-refractivity contribution in [3.8, 4) is 0 Å². The van der Waals surface area contributed by atoms with E-state index in [1.165, 1.54) is 10.6 Å². The highest BCUT2D eigenvalue weighted by Gasteiger charge is 2.25. The molecule has 0 aliphatic heterocycles. The molecule has 2 aromatic heterocycles. The fourth-order valence-electron chi connectivity index (χ4n) is 1.74. The molecule has 0 aromatic carbocycles. The van der Waals surface area contributed by atoms with Crippen LogP contribution in [-0.4, -0.2) is 31.9 Å². The van der Waals surface area contributed by atoms with Gasteiger partial charge in [0.15, 0.2) is 0 Å². The van der Waals surface area contributed by atoms with Gasteiger partial charge in [-0.15, -0.1) is 0 Å². The molecule has 0 spiro atoms. The highest BCUT2D eigenvalue weighted by atomic mass is 32.2. The zero-order valence-electron chi connectivity index (χ0n) is 12.0. The minimum absolute atomic E-state index is 0.0123. The van der Waals surface area contributed by atoms with Crippen LogP contribution in [0, 0.1) is 10.1 Å². The first kappa shape index (κ1) is 15.3. The quantitative estimate of drug-likeness (QED) is 0.672.